The lowest BCUT2D eigenvalue weighted by Gasteiger charge is -2.25. The zero-order chi connectivity index (χ0) is 13.0. The summed E-state index contributed by atoms with van der Waals surface area (Å²) in [6.45, 7) is 8.57. The first-order valence-corrected chi connectivity index (χ1v) is 11.1. The maximum absolute atomic E-state index is 5.80. The summed E-state index contributed by atoms with van der Waals surface area (Å²) >= 11 is 3.93. The van der Waals surface area contributed by atoms with Crippen molar-refractivity contribution in [3.05, 3.63) is 0 Å². The standard InChI is InChI=1S/C11H27NO2S2Si/c1-4-13-17(3,14-5-2)11-10-16-9-8-15-7-6-12/h4-12H2,1-3H3. The van der Waals surface area contributed by atoms with Crippen molar-refractivity contribution in [1.82, 2.24) is 0 Å². The van der Waals surface area contributed by atoms with E-state index in [0.29, 0.717) is 0 Å². The van der Waals surface area contributed by atoms with Gasteiger partial charge in [0.1, 0.15) is 0 Å². The van der Waals surface area contributed by atoms with E-state index in [0.717, 1.165) is 37.3 Å². The van der Waals surface area contributed by atoms with Crippen molar-refractivity contribution in [1.29, 1.82) is 0 Å². The molecule has 0 spiro atoms. The Balaban J connectivity index is 3.54. The fraction of sp³-hybridized carbons (Fsp3) is 1.00. The molecule has 0 radical (unpaired) electrons. The monoisotopic (exact) mass is 297 g/mol. The molecule has 0 aromatic carbocycles. The van der Waals surface area contributed by atoms with Gasteiger partial charge in [-0.15, -0.1) is 0 Å². The Morgan fingerprint density at radius 3 is 1.94 bits per heavy atom. The van der Waals surface area contributed by atoms with Gasteiger partial charge in [-0.25, -0.2) is 0 Å². The van der Waals surface area contributed by atoms with Crippen LogP contribution in [0.2, 0.25) is 12.6 Å². The second kappa shape index (κ2) is 11.9. The Kier molecular flexibility index (Phi) is 12.4. The molecule has 3 nitrogen and oxygen atoms in total. The average Bonchev–Trinajstić information content (AvgIpc) is 2.28. The Bertz CT molecular complexity index is 170. The molecule has 0 saturated heterocycles. The zero-order valence-electron chi connectivity index (χ0n) is 11.4. The first-order valence-electron chi connectivity index (χ1n) is 6.32. The molecule has 0 heterocycles. The molecule has 0 fully saturated rings. The normalized spacial score (nSPS) is 12.0. The van der Waals surface area contributed by atoms with Gasteiger partial charge in [0.25, 0.3) is 0 Å². The largest absolute Gasteiger partial charge is 0.395 e. The van der Waals surface area contributed by atoms with E-state index < -0.39 is 8.56 Å². The molecule has 0 aliphatic rings. The van der Waals surface area contributed by atoms with Gasteiger partial charge in [-0.05, 0) is 32.2 Å². The highest BCUT2D eigenvalue weighted by atomic mass is 32.2. The van der Waals surface area contributed by atoms with Gasteiger partial charge in [0, 0.05) is 37.0 Å². The molecule has 0 aliphatic heterocycles. The van der Waals surface area contributed by atoms with Crippen LogP contribution < -0.4 is 5.73 Å². The van der Waals surface area contributed by atoms with Crippen LogP contribution in [0, 0.1) is 0 Å². The first kappa shape index (κ1) is 17.8. The third-order valence-electron chi connectivity index (χ3n) is 2.23. The summed E-state index contributed by atoms with van der Waals surface area (Å²) in [4.78, 5) is 0. The molecule has 0 aliphatic carbocycles. The van der Waals surface area contributed by atoms with E-state index in [1.165, 1.54) is 11.5 Å². The van der Waals surface area contributed by atoms with Crippen LogP contribution >= 0.6 is 23.5 Å². The number of hydrogen-bond acceptors (Lipinski definition) is 5. The molecule has 0 aromatic heterocycles. The minimum absolute atomic E-state index is 0.764. The van der Waals surface area contributed by atoms with Crippen LogP contribution in [0.3, 0.4) is 0 Å². The van der Waals surface area contributed by atoms with E-state index in [1.807, 2.05) is 37.4 Å². The molecule has 0 atom stereocenters. The van der Waals surface area contributed by atoms with Crippen LogP contribution in [-0.4, -0.2) is 51.3 Å². The molecule has 0 unspecified atom stereocenters. The Morgan fingerprint density at radius 2 is 1.47 bits per heavy atom. The smallest absolute Gasteiger partial charge is 0.335 e. The molecule has 104 valence electrons. The summed E-state index contributed by atoms with van der Waals surface area (Å²) in [6.07, 6.45) is 0. The molecule has 6 heteroatoms. The minimum Gasteiger partial charge on any atom is -0.395 e. The van der Waals surface area contributed by atoms with Crippen molar-refractivity contribution in [3.8, 4) is 0 Å². The molecule has 0 aromatic rings. The van der Waals surface area contributed by atoms with Gasteiger partial charge in [0.2, 0.25) is 0 Å². The molecular formula is C11H27NO2S2Si. The van der Waals surface area contributed by atoms with Gasteiger partial charge in [0.15, 0.2) is 0 Å². The summed E-state index contributed by atoms with van der Waals surface area (Å²) in [5, 5.41) is 0. The van der Waals surface area contributed by atoms with E-state index in [1.54, 1.807) is 0 Å². The molecule has 17 heavy (non-hydrogen) atoms. The number of rotatable bonds is 12. The van der Waals surface area contributed by atoms with Crippen LogP contribution in [-0.2, 0) is 8.85 Å². The first-order chi connectivity index (χ1) is 8.18. The zero-order valence-corrected chi connectivity index (χ0v) is 14.0. The number of nitrogens with two attached hydrogens (primary N) is 1. The fourth-order valence-electron chi connectivity index (χ4n) is 1.46. The van der Waals surface area contributed by atoms with Gasteiger partial charge in [-0.1, -0.05) is 0 Å². The summed E-state index contributed by atoms with van der Waals surface area (Å²) < 4.78 is 11.6. The Morgan fingerprint density at radius 1 is 0.941 bits per heavy atom. The van der Waals surface area contributed by atoms with Gasteiger partial charge < -0.3 is 14.6 Å². The third kappa shape index (κ3) is 10.4. The third-order valence-corrected chi connectivity index (χ3v) is 7.81. The van der Waals surface area contributed by atoms with Crippen molar-refractivity contribution in [2.75, 3.05) is 42.8 Å². The second-order valence-electron chi connectivity index (χ2n) is 3.76. The molecule has 0 bridgehead atoms. The summed E-state index contributed by atoms with van der Waals surface area (Å²) in [5.74, 6) is 4.62. The maximum Gasteiger partial charge on any atom is 0.335 e. The highest BCUT2D eigenvalue weighted by Crippen LogP contribution is 2.18. The second-order valence-corrected chi connectivity index (χ2v) is 9.56. The summed E-state index contributed by atoms with van der Waals surface area (Å²) in [5.41, 5.74) is 5.44. The van der Waals surface area contributed by atoms with E-state index in [9.17, 15) is 0 Å². The lowest BCUT2D eigenvalue weighted by atomic mass is 10.8. The van der Waals surface area contributed by atoms with Gasteiger partial charge >= 0.3 is 8.56 Å². The summed E-state index contributed by atoms with van der Waals surface area (Å²) in [7, 11) is -1.87. The van der Waals surface area contributed by atoms with Crippen LogP contribution in [0.15, 0.2) is 0 Å². The average molecular weight is 298 g/mol. The van der Waals surface area contributed by atoms with Crippen molar-refractivity contribution < 1.29 is 8.85 Å². The van der Waals surface area contributed by atoms with Crippen LogP contribution in [0.4, 0.5) is 0 Å². The SMILES string of the molecule is CCO[Si](C)(CCSCCSCCN)OCC. The molecule has 0 rings (SSSR count). The lowest BCUT2D eigenvalue weighted by Crippen LogP contribution is -2.39. The summed E-state index contributed by atoms with van der Waals surface area (Å²) in [6, 6.07) is 1.08. The number of thioether (sulfide) groups is 2. The Hall–Kier alpha value is 0.797. The predicted molar refractivity (Wildman–Crippen MR) is 83.4 cm³/mol. The van der Waals surface area contributed by atoms with E-state index >= 15 is 0 Å². The number of hydrogen-bond donors (Lipinski definition) is 1. The van der Waals surface area contributed by atoms with Crippen LogP contribution in [0.1, 0.15) is 13.8 Å². The van der Waals surface area contributed by atoms with E-state index in [4.69, 9.17) is 14.6 Å². The minimum atomic E-state index is -1.87. The fourth-order valence-corrected chi connectivity index (χ4v) is 6.63. The van der Waals surface area contributed by atoms with Crippen molar-refractivity contribution in [3.63, 3.8) is 0 Å². The van der Waals surface area contributed by atoms with E-state index in [2.05, 4.69) is 6.55 Å². The maximum atomic E-state index is 5.80. The van der Waals surface area contributed by atoms with Gasteiger partial charge in [0.05, 0.1) is 0 Å². The molecule has 0 amide bonds. The van der Waals surface area contributed by atoms with Gasteiger partial charge in [-0.3, -0.25) is 0 Å². The predicted octanol–water partition coefficient (Wildman–Crippen LogP) is 2.56. The van der Waals surface area contributed by atoms with Gasteiger partial charge in [-0.2, -0.15) is 23.5 Å². The molecule has 0 saturated carbocycles. The lowest BCUT2D eigenvalue weighted by molar-refractivity contribution is 0.190. The Labute approximate surface area is 116 Å². The quantitative estimate of drug-likeness (QED) is 0.443. The van der Waals surface area contributed by atoms with E-state index in [-0.39, 0.29) is 0 Å². The highest BCUT2D eigenvalue weighted by molar-refractivity contribution is 8.02. The van der Waals surface area contributed by atoms with Crippen molar-refractivity contribution in [2.24, 2.45) is 5.73 Å². The molecule has 2 N–H and O–H groups in total. The highest BCUT2D eigenvalue weighted by Gasteiger charge is 2.29. The topological polar surface area (TPSA) is 44.5 Å². The van der Waals surface area contributed by atoms with Crippen LogP contribution in [0.25, 0.3) is 0 Å². The van der Waals surface area contributed by atoms with Crippen molar-refractivity contribution >= 4 is 32.1 Å². The molecular weight excluding hydrogens is 270 g/mol. The van der Waals surface area contributed by atoms with Crippen molar-refractivity contribution in [2.45, 2.75) is 26.4 Å². The van der Waals surface area contributed by atoms with Crippen LogP contribution in [0.5, 0.6) is 0 Å².